The Labute approximate surface area is 87.6 Å². The summed E-state index contributed by atoms with van der Waals surface area (Å²) in [6.45, 7) is 12.1. The maximum absolute atomic E-state index is 5.54. The first kappa shape index (κ1) is 16.2. The third kappa shape index (κ3) is 6.28. The van der Waals surface area contributed by atoms with Crippen LogP contribution in [0.5, 0.6) is 0 Å². The molecule has 0 saturated carbocycles. The Morgan fingerprint density at radius 3 is 1.57 bits per heavy atom. The summed E-state index contributed by atoms with van der Waals surface area (Å²) in [5, 5.41) is 2.96. The lowest BCUT2D eigenvalue weighted by molar-refractivity contribution is -0.479. The van der Waals surface area contributed by atoms with Crippen molar-refractivity contribution in [3.05, 3.63) is 0 Å². The normalized spacial score (nSPS) is 11.1. The molecule has 0 aromatic heterocycles. The largest absolute Gasteiger partial charge is 0.228 e. The molecule has 0 aromatic carbocycles. The smallest absolute Gasteiger partial charge is 0.0734 e. The molecule has 0 atom stereocenters. The van der Waals surface area contributed by atoms with Crippen LogP contribution in [0.15, 0.2) is 0 Å². The second-order valence-corrected chi connectivity index (χ2v) is 3.11. The number of hydrogen-bond acceptors (Lipinski definition) is 5. The molecule has 0 aliphatic heterocycles. The highest BCUT2D eigenvalue weighted by Gasteiger charge is 2.19. The second kappa shape index (κ2) is 9.36. The Morgan fingerprint density at radius 2 is 1.36 bits per heavy atom. The third-order valence-corrected chi connectivity index (χ3v) is 1.44. The summed E-state index contributed by atoms with van der Waals surface area (Å²) in [6.07, 6.45) is 0. The van der Waals surface area contributed by atoms with Crippen LogP contribution < -0.4 is 5.84 Å². The van der Waals surface area contributed by atoms with Crippen LogP contribution in [0.3, 0.4) is 0 Å². The van der Waals surface area contributed by atoms with E-state index < -0.39 is 0 Å². The fourth-order valence-corrected chi connectivity index (χ4v) is 1.17. The highest BCUT2D eigenvalue weighted by Crippen LogP contribution is 2.06. The van der Waals surface area contributed by atoms with Crippen molar-refractivity contribution in [3.63, 3.8) is 0 Å². The molecule has 5 nitrogen and oxygen atoms in total. The zero-order valence-corrected chi connectivity index (χ0v) is 10.4. The van der Waals surface area contributed by atoms with Gasteiger partial charge in [-0.05, 0) is 33.0 Å². The Morgan fingerprint density at radius 1 is 1.00 bits per heavy atom. The average molecular weight is 207 g/mol. The Hall–Kier alpha value is -0.200. The van der Waals surface area contributed by atoms with Gasteiger partial charge in [-0.3, -0.25) is 0 Å². The fourth-order valence-electron chi connectivity index (χ4n) is 1.17. The van der Waals surface area contributed by atoms with E-state index >= 15 is 0 Å². The molecule has 0 spiro atoms. The topological polar surface area (TPSA) is 51.0 Å². The predicted octanol–water partition coefficient (Wildman–Crippen LogP) is 1.72. The molecule has 0 unspecified atom stereocenters. The van der Waals surface area contributed by atoms with E-state index in [0.717, 1.165) is 5.28 Å². The van der Waals surface area contributed by atoms with Crippen LogP contribution in [0, 0.1) is 0 Å². The van der Waals surface area contributed by atoms with Gasteiger partial charge in [0.05, 0.1) is 7.11 Å². The minimum atomic E-state index is 0.269. The van der Waals surface area contributed by atoms with Gasteiger partial charge >= 0.3 is 0 Å². The van der Waals surface area contributed by atoms with Crippen LogP contribution >= 0.6 is 0 Å². The Balaban J connectivity index is 0. The zero-order chi connectivity index (χ0) is 11.7. The summed E-state index contributed by atoms with van der Waals surface area (Å²) in [7, 11) is 1.42. The minimum absolute atomic E-state index is 0.269. The molecule has 0 bridgehead atoms. The van der Waals surface area contributed by atoms with E-state index in [-0.39, 0.29) is 12.1 Å². The molecule has 0 aliphatic rings. The number of rotatable bonds is 5. The van der Waals surface area contributed by atoms with Gasteiger partial charge in [0, 0.05) is 12.1 Å². The SMILES string of the molecule is CC.COON(N)N(C(C)C)C(C)C. The third-order valence-electron chi connectivity index (χ3n) is 1.44. The van der Waals surface area contributed by atoms with Crippen LogP contribution in [0.4, 0.5) is 0 Å². The minimum Gasteiger partial charge on any atom is -0.228 e. The van der Waals surface area contributed by atoms with Gasteiger partial charge < -0.3 is 0 Å². The summed E-state index contributed by atoms with van der Waals surface area (Å²) in [4.78, 5) is 9.11. The highest BCUT2D eigenvalue weighted by atomic mass is 17.3. The molecular formula is C9H25N3O2. The lowest BCUT2D eigenvalue weighted by Gasteiger charge is -2.34. The van der Waals surface area contributed by atoms with Crippen molar-refractivity contribution in [2.75, 3.05) is 7.11 Å². The molecule has 0 amide bonds. The van der Waals surface area contributed by atoms with E-state index in [1.54, 1.807) is 0 Å². The van der Waals surface area contributed by atoms with Crippen molar-refractivity contribution in [3.8, 4) is 0 Å². The summed E-state index contributed by atoms with van der Waals surface area (Å²) in [5.41, 5.74) is 0. The molecule has 2 N–H and O–H groups in total. The lowest BCUT2D eigenvalue weighted by Crippen LogP contribution is -2.53. The van der Waals surface area contributed by atoms with Crippen molar-refractivity contribution in [1.82, 2.24) is 10.3 Å². The van der Waals surface area contributed by atoms with Gasteiger partial charge in [0.2, 0.25) is 0 Å². The summed E-state index contributed by atoms with van der Waals surface area (Å²) in [5.74, 6) is 5.54. The van der Waals surface area contributed by atoms with Gasteiger partial charge in [0.1, 0.15) is 0 Å². The van der Waals surface area contributed by atoms with Crippen molar-refractivity contribution in [2.45, 2.75) is 53.6 Å². The van der Waals surface area contributed by atoms with Crippen molar-refractivity contribution in [1.29, 1.82) is 0 Å². The first-order valence-corrected chi connectivity index (χ1v) is 5.04. The Kier molecular flexibility index (Phi) is 10.9. The molecular weight excluding hydrogens is 182 g/mol. The highest BCUT2D eigenvalue weighted by molar-refractivity contribution is 4.59. The molecule has 88 valence electrons. The average Bonchev–Trinajstić information content (AvgIpc) is 2.06. The van der Waals surface area contributed by atoms with Gasteiger partial charge in [-0.15, -0.1) is 4.99 Å². The van der Waals surface area contributed by atoms with E-state index in [1.165, 1.54) is 7.11 Å². The second-order valence-electron chi connectivity index (χ2n) is 3.11. The molecule has 14 heavy (non-hydrogen) atoms. The quantitative estimate of drug-likeness (QED) is 0.422. The van der Waals surface area contributed by atoms with Crippen molar-refractivity contribution < 1.29 is 9.88 Å². The van der Waals surface area contributed by atoms with Crippen molar-refractivity contribution in [2.24, 2.45) is 5.84 Å². The number of hydrogen-bond donors (Lipinski definition) is 1. The van der Waals surface area contributed by atoms with Crippen LogP contribution in [0.1, 0.15) is 41.5 Å². The van der Waals surface area contributed by atoms with Gasteiger partial charge in [0.15, 0.2) is 0 Å². The first-order valence-electron chi connectivity index (χ1n) is 5.04. The zero-order valence-electron chi connectivity index (χ0n) is 10.4. The number of nitrogens with zero attached hydrogens (tertiary/aromatic N) is 2. The lowest BCUT2D eigenvalue weighted by atomic mass is 10.3. The molecule has 0 radical (unpaired) electrons. The predicted molar refractivity (Wildman–Crippen MR) is 57.6 cm³/mol. The molecule has 0 aromatic rings. The first-order chi connectivity index (χ1) is 6.50. The van der Waals surface area contributed by atoms with E-state index in [2.05, 4.69) is 9.88 Å². The number of nitrogens with two attached hydrogens (primary N) is 1. The summed E-state index contributed by atoms with van der Waals surface area (Å²) >= 11 is 0. The van der Waals surface area contributed by atoms with Gasteiger partial charge in [-0.2, -0.15) is 5.01 Å². The van der Waals surface area contributed by atoms with E-state index in [4.69, 9.17) is 5.84 Å². The molecule has 0 aliphatic carbocycles. The molecule has 0 heterocycles. The van der Waals surface area contributed by atoms with Gasteiger partial charge in [-0.25, -0.2) is 10.7 Å². The van der Waals surface area contributed by atoms with Crippen LogP contribution in [-0.2, 0) is 9.88 Å². The van der Waals surface area contributed by atoms with Gasteiger partial charge in [0.25, 0.3) is 0 Å². The standard InChI is InChI=1S/C7H19N3O2.C2H6/c1-6(2)9(7(3)4)10(8)12-11-5;1-2/h6-7H,8H2,1-5H3;1-2H3. The Bertz CT molecular complexity index is 113. The molecule has 0 fully saturated rings. The monoisotopic (exact) mass is 207 g/mol. The van der Waals surface area contributed by atoms with Crippen LogP contribution in [-0.4, -0.2) is 29.5 Å². The van der Waals surface area contributed by atoms with Crippen molar-refractivity contribution >= 4 is 0 Å². The van der Waals surface area contributed by atoms with Crippen LogP contribution in [0.2, 0.25) is 0 Å². The molecule has 0 rings (SSSR count). The molecule has 0 saturated heterocycles. The maximum atomic E-state index is 5.54. The van der Waals surface area contributed by atoms with Crippen LogP contribution in [0.25, 0.3) is 0 Å². The van der Waals surface area contributed by atoms with E-state index in [1.807, 2.05) is 46.6 Å². The fraction of sp³-hybridized carbons (Fsp3) is 1.00. The summed E-state index contributed by atoms with van der Waals surface area (Å²) < 4.78 is 0. The van der Waals surface area contributed by atoms with E-state index in [9.17, 15) is 0 Å². The number of hydrazine groups is 2. The van der Waals surface area contributed by atoms with Gasteiger partial charge in [-0.1, -0.05) is 13.8 Å². The molecule has 5 heteroatoms. The van der Waals surface area contributed by atoms with E-state index in [0.29, 0.717) is 0 Å². The summed E-state index contributed by atoms with van der Waals surface area (Å²) in [6, 6.07) is 0.537. The maximum Gasteiger partial charge on any atom is 0.0734 e.